The highest BCUT2D eigenvalue weighted by Gasteiger charge is 2.30. The first kappa shape index (κ1) is 13.8. The maximum Gasteiger partial charge on any atom is 0.416 e. The second kappa shape index (κ2) is 5.00. The number of hydrogen-bond acceptors (Lipinski definition) is 4. The number of nitrogens with one attached hydrogen (secondary N) is 1. The van der Waals surface area contributed by atoms with Crippen LogP contribution in [0, 0.1) is 0 Å². The van der Waals surface area contributed by atoms with Crippen LogP contribution in [0.4, 0.5) is 24.7 Å². The number of nitrogens with zero attached hydrogens (tertiary/aromatic N) is 2. The van der Waals surface area contributed by atoms with Gasteiger partial charge in [0.1, 0.15) is 12.1 Å². The molecule has 2 aromatic rings. The molecule has 0 fully saturated rings. The minimum absolute atomic E-state index is 0.505. The van der Waals surface area contributed by atoms with Crippen LogP contribution in [-0.2, 0) is 12.6 Å². The largest absolute Gasteiger partial charge is 0.416 e. The van der Waals surface area contributed by atoms with Crippen molar-refractivity contribution in [3.8, 4) is 0 Å². The average molecular weight is 295 g/mol. The minimum atomic E-state index is -4.35. The van der Waals surface area contributed by atoms with Crippen LogP contribution in [0.2, 0.25) is 0 Å². The van der Waals surface area contributed by atoms with E-state index in [1.165, 1.54) is 18.5 Å². The Labute approximate surface area is 118 Å². The Hall–Kier alpha value is -2.15. The maximum atomic E-state index is 12.5. The molecule has 4 nitrogen and oxygen atoms in total. The number of aromatic nitrogens is 2. The Morgan fingerprint density at radius 3 is 2.52 bits per heavy atom. The minimum Gasteiger partial charge on any atom is -0.387 e. The standard InChI is InChI=1S/C14H12F3N3O/c15-14(16,17)8-1-3-9(4-2-8)20-13-10-5-6-11(21)12(10)18-7-19-13/h1-4,7,11,21H,5-6H2,(H,18,19,20). The van der Waals surface area contributed by atoms with Crippen LogP contribution >= 0.6 is 0 Å². The summed E-state index contributed by atoms with van der Waals surface area (Å²) in [7, 11) is 0. The Kier molecular flexibility index (Phi) is 3.29. The van der Waals surface area contributed by atoms with Crippen molar-refractivity contribution in [1.29, 1.82) is 0 Å². The normalized spacial score (nSPS) is 17.6. The summed E-state index contributed by atoms with van der Waals surface area (Å²) in [6.07, 6.45) is -2.40. The molecule has 1 aliphatic rings. The Morgan fingerprint density at radius 2 is 1.86 bits per heavy atom. The topological polar surface area (TPSA) is 58.0 Å². The summed E-state index contributed by atoms with van der Waals surface area (Å²) < 4.78 is 37.5. The highest BCUT2D eigenvalue weighted by molar-refractivity contribution is 5.61. The van der Waals surface area contributed by atoms with Gasteiger partial charge in [0.2, 0.25) is 0 Å². The summed E-state index contributed by atoms with van der Waals surface area (Å²) in [4.78, 5) is 8.13. The summed E-state index contributed by atoms with van der Waals surface area (Å²) >= 11 is 0. The lowest BCUT2D eigenvalue weighted by molar-refractivity contribution is -0.137. The summed E-state index contributed by atoms with van der Waals surface area (Å²) in [5.41, 5.74) is 1.20. The third-order valence-corrected chi connectivity index (χ3v) is 3.44. The lowest BCUT2D eigenvalue weighted by Crippen LogP contribution is -2.05. The number of halogens is 3. The van der Waals surface area contributed by atoms with Crippen LogP contribution in [0.5, 0.6) is 0 Å². The number of fused-ring (bicyclic) bond motifs is 1. The molecule has 0 bridgehead atoms. The Bertz CT molecular complexity index is 656. The number of rotatable bonds is 2. The second-order valence-corrected chi connectivity index (χ2v) is 4.84. The number of aliphatic hydroxyl groups is 1. The van der Waals surface area contributed by atoms with Crippen molar-refractivity contribution >= 4 is 11.5 Å². The summed E-state index contributed by atoms with van der Waals surface area (Å²) in [6.45, 7) is 0. The van der Waals surface area contributed by atoms with Crippen molar-refractivity contribution in [1.82, 2.24) is 9.97 Å². The number of hydrogen-bond donors (Lipinski definition) is 2. The van der Waals surface area contributed by atoms with Crippen molar-refractivity contribution < 1.29 is 18.3 Å². The van der Waals surface area contributed by atoms with Crippen LogP contribution in [0.3, 0.4) is 0 Å². The number of anilines is 2. The zero-order chi connectivity index (χ0) is 15.0. The monoisotopic (exact) mass is 295 g/mol. The molecule has 3 rings (SSSR count). The van der Waals surface area contributed by atoms with E-state index in [1.807, 2.05) is 0 Å². The summed E-state index contributed by atoms with van der Waals surface area (Å²) in [6, 6.07) is 4.72. The predicted molar refractivity (Wildman–Crippen MR) is 70.0 cm³/mol. The van der Waals surface area contributed by atoms with Gasteiger partial charge in [0, 0.05) is 11.3 Å². The van der Waals surface area contributed by atoms with Crippen LogP contribution in [0.25, 0.3) is 0 Å². The molecule has 0 aliphatic heterocycles. The highest BCUT2D eigenvalue weighted by Crippen LogP contribution is 2.34. The molecule has 0 amide bonds. The van der Waals surface area contributed by atoms with E-state index < -0.39 is 17.8 Å². The smallest absolute Gasteiger partial charge is 0.387 e. The van der Waals surface area contributed by atoms with Crippen molar-refractivity contribution in [2.75, 3.05) is 5.32 Å². The van der Waals surface area contributed by atoms with E-state index >= 15 is 0 Å². The molecule has 0 saturated carbocycles. The molecule has 21 heavy (non-hydrogen) atoms. The molecule has 110 valence electrons. The van der Waals surface area contributed by atoms with E-state index in [2.05, 4.69) is 15.3 Å². The third-order valence-electron chi connectivity index (χ3n) is 3.44. The first-order valence-corrected chi connectivity index (χ1v) is 6.41. The molecule has 0 spiro atoms. The highest BCUT2D eigenvalue weighted by atomic mass is 19.4. The lowest BCUT2D eigenvalue weighted by Gasteiger charge is -2.11. The zero-order valence-corrected chi connectivity index (χ0v) is 10.9. The Balaban J connectivity index is 1.85. The maximum absolute atomic E-state index is 12.5. The molecular weight excluding hydrogens is 283 g/mol. The fourth-order valence-corrected chi connectivity index (χ4v) is 2.36. The van der Waals surface area contributed by atoms with E-state index in [-0.39, 0.29) is 0 Å². The molecule has 1 aromatic carbocycles. The van der Waals surface area contributed by atoms with Crippen molar-refractivity contribution in [3.05, 3.63) is 47.4 Å². The predicted octanol–water partition coefficient (Wildman–Crippen LogP) is 3.22. The van der Waals surface area contributed by atoms with E-state index in [0.717, 1.165) is 17.7 Å². The Morgan fingerprint density at radius 1 is 1.14 bits per heavy atom. The van der Waals surface area contributed by atoms with Crippen molar-refractivity contribution in [3.63, 3.8) is 0 Å². The number of alkyl halides is 3. The van der Waals surface area contributed by atoms with Gasteiger partial charge in [0.15, 0.2) is 0 Å². The first-order valence-electron chi connectivity index (χ1n) is 6.41. The lowest BCUT2D eigenvalue weighted by atomic mass is 10.2. The molecule has 1 aliphatic carbocycles. The fraction of sp³-hybridized carbons (Fsp3) is 0.286. The SMILES string of the molecule is OC1CCc2c(Nc3ccc(C(F)(F)F)cc3)ncnc21. The summed E-state index contributed by atoms with van der Waals surface area (Å²) in [5, 5.41) is 12.7. The first-order chi connectivity index (χ1) is 9.95. The van der Waals surface area contributed by atoms with Gasteiger partial charge in [-0.25, -0.2) is 9.97 Å². The molecule has 1 heterocycles. The van der Waals surface area contributed by atoms with E-state index in [4.69, 9.17) is 0 Å². The van der Waals surface area contributed by atoms with Gasteiger partial charge in [-0.15, -0.1) is 0 Å². The molecular formula is C14H12F3N3O. The number of aliphatic hydroxyl groups excluding tert-OH is 1. The van der Waals surface area contributed by atoms with Crippen LogP contribution in [0.1, 0.15) is 29.3 Å². The van der Waals surface area contributed by atoms with E-state index in [1.54, 1.807) is 0 Å². The van der Waals surface area contributed by atoms with Gasteiger partial charge in [-0.3, -0.25) is 0 Å². The number of benzene rings is 1. The van der Waals surface area contributed by atoms with Gasteiger partial charge in [-0.2, -0.15) is 13.2 Å². The van der Waals surface area contributed by atoms with Gasteiger partial charge < -0.3 is 10.4 Å². The second-order valence-electron chi connectivity index (χ2n) is 4.84. The van der Waals surface area contributed by atoms with E-state index in [9.17, 15) is 18.3 Å². The van der Waals surface area contributed by atoms with Crippen molar-refractivity contribution in [2.45, 2.75) is 25.1 Å². The van der Waals surface area contributed by atoms with E-state index in [0.29, 0.717) is 30.0 Å². The van der Waals surface area contributed by atoms with Gasteiger partial charge >= 0.3 is 6.18 Å². The molecule has 0 saturated heterocycles. The molecule has 7 heteroatoms. The van der Waals surface area contributed by atoms with Crippen LogP contribution in [0.15, 0.2) is 30.6 Å². The van der Waals surface area contributed by atoms with Gasteiger partial charge in [0.05, 0.1) is 17.4 Å². The third kappa shape index (κ3) is 2.69. The van der Waals surface area contributed by atoms with Gasteiger partial charge in [-0.1, -0.05) is 0 Å². The van der Waals surface area contributed by atoms with Crippen LogP contribution < -0.4 is 5.32 Å². The fourth-order valence-electron chi connectivity index (χ4n) is 2.36. The van der Waals surface area contributed by atoms with Crippen molar-refractivity contribution in [2.24, 2.45) is 0 Å². The molecule has 0 radical (unpaired) electrons. The van der Waals surface area contributed by atoms with Gasteiger partial charge in [0.25, 0.3) is 0 Å². The zero-order valence-electron chi connectivity index (χ0n) is 10.9. The summed E-state index contributed by atoms with van der Waals surface area (Å²) in [5.74, 6) is 0.524. The average Bonchev–Trinajstić information content (AvgIpc) is 2.82. The molecule has 1 atom stereocenters. The molecule has 1 unspecified atom stereocenters. The quantitative estimate of drug-likeness (QED) is 0.893. The molecule has 2 N–H and O–H groups in total. The van der Waals surface area contributed by atoms with Gasteiger partial charge in [-0.05, 0) is 37.1 Å². The molecule has 1 aromatic heterocycles. The van der Waals surface area contributed by atoms with Crippen LogP contribution in [-0.4, -0.2) is 15.1 Å².